The second-order valence-electron chi connectivity index (χ2n) is 5.16. The average Bonchev–Trinajstić information content (AvgIpc) is 2.96. The largest absolute Gasteiger partial charge is 0.369 e. The second kappa shape index (κ2) is 5.21. The molecule has 3 rings (SSSR count). The molecule has 4 N–H and O–H groups in total. The highest BCUT2D eigenvalue weighted by atomic mass is 32.2. The number of rotatable bonds is 4. The summed E-state index contributed by atoms with van der Waals surface area (Å²) in [6.07, 6.45) is 1.61. The Balaban J connectivity index is 2.22. The van der Waals surface area contributed by atoms with Crippen molar-refractivity contribution in [2.24, 2.45) is 5.73 Å². The summed E-state index contributed by atoms with van der Waals surface area (Å²) in [5.41, 5.74) is 5.67. The molecule has 0 saturated carbocycles. The van der Waals surface area contributed by atoms with Crippen molar-refractivity contribution >= 4 is 37.7 Å². The number of nitrogens with one attached hydrogen (secondary N) is 2. The molecule has 0 unspecified atom stereocenters. The third-order valence-electron chi connectivity index (χ3n) is 3.59. The molecule has 3 aromatic rings. The number of fused-ring (bicyclic) bond motifs is 3. The molecule has 0 spiro atoms. The quantitative estimate of drug-likeness (QED) is 0.625. The van der Waals surface area contributed by atoms with Gasteiger partial charge in [-0.3, -0.25) is 9.59 Å². The van der Waals surface area contributed by atoms with E-state index in [-0.39, 0.29) is 10.5 Å². The van der Waals surface area contributed by atoms with E-state index < -0.39 is 22.5 Å². The highest BCUT2D eigenvalue weighted by molar-refractivity contribution is 7.89. The molecule has 8 nitrogen and oxygen atoms in total. The predicted octanol–water partition coefficient (Wildman–Crippen LogP) is 0.115. The fraction of sp³-hybridized carbons (Fsp3) is 0.143. The van der Waals surface area contributed by atoms with Crippen LogP contribution in [0.2, 0.25) is 0 Å². The van der Waals surface area contributed by atoms with Gasteiger partial charge in [0.05, 0.1) is 11.4 Å². The van der Waals surface area contributed by atoms with E-state index in [1.165, 1.54) is 25.2 Å². The van der Waals surface area contributed by atoms with Crippen LogP contribution in [0.5, 0.6) is 0 Å². The molecular formula is C14H14N4O4S. The summed E-state index contributed by atoms with van der Waals surface area (Å²) in [7, 11) is -2.58. The van der Waals surface area contributed by atoms with Gasteiger partial charge in [-0.2, -0.15) is 4.31 Å². The minimum absolute atomic E-state index is 0.0169. The van der Waals surface area contributed by atoms with Gasteiger partial charge in [-0.15, -0.1) is 0 Å². The number of carbonyl (C=O) groups is 1. The van der Waals surface area contributed by atoms with Crippen LogP contribution in [0.4, 0.5) is 0 Å². The molecule has 0 saturated heterocycles. The Hall–Kier alpha value is -2.65. The Morgan fingerprint density at radius 1 is 1.26 bits per heavy atom. The van der Waals surface area contributed by atoms with Crippen molar-refractivity contribution in [3.63, 3.8) is 0 Å². The number of pyridine rings is 1. The van der Waals surface area contributed by atoms with E-state index in [0.29, 0.717) is 21.8 Å². The van der Waals surface area contributed by atoms with Crippen LogP contribution in [-0.4, -0.2) is 42.2 Å². The Labute approximate surface area is 131 Å². The summed E-state index contributed by atoms with van der Waals surface area (Å²) in [5.74, 6) is -0.741. The number of H-pyrrole nitrogens is 2. The van der Waals surface area contributed by atoms with E-state index in [4.69, 9.17) is 5.73 Å². The van der Waals surface area contributed by atoms with Crippen LogP contribution in [0.3, 0.4) is 0 Å². The number of primary amides is 1. The lowest BCUT2D eigenvalue weighted by Crippen LogP contribution is -2.35. The first kappa shape index (κ1) is 15.3. The molecule has 0 atom stereocenters. The molecular weight excluding hydrogens is 320 g/mol. The topological polar surface area (TPSA) is 129 Å². The van der Waals surface area contributed by atoms with Gasteiger partial charge in [0, 0.05) is 29.5 Å². The molecule has 0 radical (unpaired) electrons. The number of hydrogen-bond donors (Lipinski definition) is 3. The third kappa shape index (κ3) is 2.49. The van der Waals surface area contributed by atoms with Gasteiger partial charge in [-0.05, 0) is 24.3 Å². The Morgan fingerprint density at radius 3 is 2.70 bits per heavy atom. The summed E-state index contributed by atoms with van der Waals surface area (Å²) in [5, 5.41) is 1.22. The third-order valence-corrected chi connectivity index (χ3v) is 5.39. The van der Waals surface area contributed by atoms with Crippen LogP contribution in [0, 0.1) is 0 Å². The van der Waals surface area contributed by atoms with Gasteiger partial charge in [-0.25, -0.2) is 8.42 Å². The van der Waals surface area contributed by atoms with Crippen LogP contribution in [0.25, 0.3) is 21.8 Å². The van der Waals surface area contributed by atoms with E-state index in [1.807, 2.05) is 0 Å². The molecule has 1 aromatic carbocycles. The van der Waals surface area contributed by atoms with Gasteiger partial charge >= 0.3 is 0 Å². The number of aromatic nitrogens is 2. The lowest BCUT2D eigenvalue weighted by Gasteiger charge is -2.15. The lowest BCUT2D eigenvalue weighted by molar-refractivity contribution is -0.118. The van der Waals surface area contributed by atoms with E-state index in [1.54, 1.807) is 12.3 Å². The zero-order valence-electron chi connectivity index (χ0n) is 12.2. The SMILES string of the molecule is CN(CC(N)=O)S(=O)(=O)c1ccc2[nH]c(=O)c3[nH]ccc3c2c1. The summed E-state index contributed by atoms with van der Waals surface area (Å²) in [4.78, 5) is 28.4. The van der Waals surface area contributed by atoms with Gasteiger partial charge < -0.3 is 15.7 Å². The predicted molar refractivity (Wildman–Crippen MR) is 85.4 cm³/mol. The van der Waals surface area contributed by atoms with E-state index in [9.17, 15) is 18.0 Å². The maximum absolute atomic E-state index is 12.5. The zero-order chi connectivity index (χ0) is 16.8. The lowest BCUT2D eigenvalue weighted by atomic mass is 10.1. The second-order valence-corrected chi connectivity index (χ2v) is 7.20. The molecule has 2 aromatic heterocycles. The molecule has 0 fully saturated rings. The molecule has 0 bridgehead atoms. The molecule has 0 aliphatic heterocycles. The molecule has 0 aliphatic rings. The fourth-order valence-corrected chi connectivity index (χ4v) is 3.63. The normalized spacial score (nSPS) is 12.3. The maximum Gasteiger partial charge on any atom is 0.272 e. The van der Waals surface area contributed by atoms with Crippen molar-refractivity contribution < 1.29 is 13.2 Å². The molecule has 9 heteroatoms. The number of aromatic amines is 2. The van der Waals surface area contributed by atoms with Crippen LogP contribution >= 0.6 is 0 Å². The van der Waals surface area contributed by atoms with Crippen LogP contribution in [-0.2, 0) is 14.8 Å². The first-order chi connectivity index (χ1) is 10.8. The number of sulfonamides is 1. The number of nitrogens with two attached hydrogens (primary N) is 1. The van der Waals surface area contributed by atoms with Crippen LogP contribution in [0.1, 0.15) is 0 Å². The summed E-state index contributed by atoms with van der Waals surface area (Å²) < 4.78 is 25.9. The number of amides is 1. The minimum atomic E-state index is -3.86. The van der Waals surface area contributed by atoms with E-state index in [2.05, 4.69) is 9.97 Å². The van der Waals surface area contributed by atoms with Crippen molar-refractivity contribution in [2.75, 3.05) is 13.6 Å². The first-order valence-corrected chi connectivity index (χ1v) is 8.12. The van der Waals surface area contributed by atoms with Gasteiger partial charge in [0.1, 0.15) is 5.52 Å². The summed E-state index contributed by atoms with van der Waals surface area (Å²) in [6.45, 7) is -0.411. The van der Waals surface area contributed by atoms with Crippen molar-refractivity contribution in [2.45, 2.75) is 4.90 Å². The molecule has 1 amide bonds. The summed E-state index contributed by atoms with van der Waals surface area (Å²) in [6, 6.07) is 6.07. The number of hydrogen-bond acceptors (Lipinski definition) is 4. The van der Waals surface area contributed by atoms with E-state index >= 15 is 0 Å². The number of likely N-dealkylation sites (N-methyl/N-ethyl adjacent to an activating group) is 1. The number of carbonyl (C=O) groups excluding carboxylic acids is 1. The smallest absolute Gasteiger partial charge is 0.272 e. The maximum atomic E-state index is 12.5. The Morgan fingerprint density at radius 2 is 2.00 bits per heavy atom. The van der Waals surface area contributed by atoms with Crippen LogP contribution in [0.15, 0.2) is 40.2 Å². The Kier molecular flexibility index (Phi) is 3.46. The van der Waals surface area contributed by atoms with Gasteiger partial charge in [0.2, 0.25) is 15.9 Å². The minimum Gasteiger partial charge on any atom is -0.369 e. The van der Waals surface area contributed by atoms with Crippen molar-refractivity contribution in [3.8, 4) is 0 Å². The highest BCUT2D eigenvalue weighted by Gasteiger charge is 2.23. The molecule has 2 heterocycles. The zero-order valence-corrected chi connectivity index (χ0v) is 13.0. The van der Waals surface area contributed by atoms with Gasteiger partial charge in [-0.1, -0.05) is 0 Å². The molecule has 120 valence electrons. The van der Waals surface area contributed by atoms with Crippen molar-refractivity contribution in [3.05, 3.63) is 40.8 Å². The van der Waals surface area contributed by atoms with E-state index in [0.717, 1.165) is 4.31 Å². The molecule has 0 aliphatic carbocycles. The van der Waals surface area contributed by atoms with Crippen LogP contribution < -0.4 is 11.3 Å². The van der Waals surface area contributed by atoms with Crippen molar-refractivity contribution in [1.29, 1.82) is 0 Å². The fourth-order valence-electron chi connectivity index (χ4n) is 2.47. The average molecular weight is 334 g/mol. The molecule has 23 heavy (non-hydrogen) atoms. The first-order valence-electron chi connectivity index (χ1n) is 6.68. The monoisotopic (exact) mass is 334 g/mol. The number of benzene rings is 1. The standard InChI is InChI=1S/C14H14N4O4S/c1-18(7-12(15)19)23(21,22)8-2-3-11-10(6-8)9-4-5-16-13(9)14(20)17-11/h2-6,16H,7H2,1H3,(H2,15,19)(H,17,20). The van der Waals surface area contributed by atoms with Crippen molar-refractivity contribution in [1.82, 2.24) is 14.3 Å². The van der Waals surface area contributed by atoms with Gasteiger partial charge in [0.15, 0.2) is 0 Å². The Bertz CT molecular complexity index is 1080. The summed E-state index contributed by atoms with van der Waals surface area (Å²) >= 11 is 0. The number of nitrogens with zero attached hydrogens (tertiary/aromatic N) is 1. The highest BCUT2D eigenvalue weighted by Crippen LogP contribution is 2.24. The van der Waals surface area contributed by atoms with Gasteiger partial charge in [0.25, 0.3) is 5.56 Å².